The second kappa shape index (κ2) is 22.2. The molecule has 46 heavy (non-hydrogen) atoms. The number of hydrogen-bond donors (Lipinski definition) is 3. The van der Waals surface area contributed by atoms with Gasteiger partial charge in [-0.05, 0) is 50.0 Å². The van der Waals surface area contributed by atoms with Crippen LogP contribution in [0.15, 0.2) is 30.3 Å². The highest BCUT2D eigenvalue weighted by Crippen LogP contribution is 2.23. The number of carbonyl (C=O) groups excluding carboxylic acids is 5. The van der Waals surface area contributed by atoms with Gasteiger partial charge in [-0.2, -0.15) is 0 Å². The molecule has 0 aromatic heterocycles. The van der Waals surface area contributed by atoms with Gasteiger partial charge in [0, 0.05) is 12.8 Å². The largest absolute Gasteiger partial charge is 0.481 e. The first-order valence-electron chi connectivity index (χ1n) is 15.5. The number of alkyl carbamates (subject to hydrolysis) is 2. The van der Waals surface area contributed by atoms with Gasteiger partial charge < -0.3 is 39.4 Å². The van der Waals surface area contributed by atoms with Crippen LogP contribution in [0.2, 0.25) is 0 Å². The number of nitrogens with one attached hydrogen (secondary N) is 2. The number of amides is 2. The quantitative estimate of drug-likeness (QED) is 0.0970. The van der Waals surface area contributed by atoms with Crippen molar-refractivity contribution in [3.8, 4) is 0 Å². The zero-order valence-corrected chi connectivity index (χ0v) is 27.3. The van der Waals surface area contributed by atoms with E-state index in [4.69, 9.17) is 28.8 Å². The van der Waals surface area contributed by atoms with E-state index in [0.717, 1.165) is 5.56 Å². The summed E-state index contributed by atoms with van der Waals surface area (Å²) in [6.45, 7) is 8.62. The van der Waals surface area contributed by atoms with E-state index in [0.29, 0.717) is 12.8 Å². The van der Waals surface area contributed by atoms with Gasteiger partial charge in [-0.25, -0.2) is 19.2 Å². The summed E-state index contributed by atoms with van der Waals surface area (Å²) in [6, 6.07) is 7.20. The van der Waals surface area contributed by atoms with Crippen LogP contribution < -0.4 is 10.6 Å². The number of hydrogen-bond acceptors (Lipinski definition) is 11. The zero-order chi connectivity index (χ0) is 34.5. The molecular formula is C32H48N2O12. The van der Waals surface area contributed by atoms with Gasteiger partial charge in [-0.15, -0.1) is 0 Å². The monoisotopic (exact) mass is 652 g/mol. The Balaban J connectivity index is 2.55. The van der Waals surface area contributed by atoms with E-state index in [1.54, 1.807) is 34.6 Å². The Kier molecular flexibility index (Phi) is 19.1. The molecule has 1 unspecified atom stereocenters. The molecule has 0 aliphatic heterocycles. The molecule has 0 radical (unpaired) electrons. The van der Waals surface area contributed by atoms with Crippen molar-refractivity contribution in [2.45, 2.75) is 91.3 Å². The van der Waals surface area contributed by atoms with Crippen LogP contribution in [0.5, 0.6) is 0 Å². The number of benzene rings is 1. The fourth-order valence-corrected chi connectivity index (χ4v) is 4.04. The molecule has 1 aromatic rings. The fraction of sp³-hybridized carbons (Fsp3) is 0.625. The second-order valence-electron chi connectivity index (χ2n) is 11.1. The van der Waals surface area contributed by atoms with Gasteiger partial charge in [0.05, 0.1) is 26.4 Å². The highest BCUT2D eigenvalue weighted by Gasteiger charge is 2.27. The predicted molar refractivity (Wildman–Crippen MR) is 164 cm³/mol. The Labute approximate surface area is 269 Å². The summed E-state index contributed by atoms with van der Waals surface area (Å²) < 4.78 is 26.1. The molecule has 0 saturated carbocycles. The van der Waals surface area contributed by atoms with Crippen molar-refractivity contribution < 1.29 is 57.6 Å². The average molecular weight is 653 g/mol. The summed E-state index contributed by atoms with van der Waals surface area (Å²) in [7, 11) is 0. The lowest BCUT2D eigenvalue weighted by Crippen LogP contribution is -2.45. The molecule has 3 atom stereocenters. The standard InChI is InChI=1S/C32H48N2O12/c1-6-42-31(40)33-27(21(2)3)29(38)44-19-12-17-26(37)46-24(23-13-8-7-9-14-23)15-10-20-45-32(41)34-28(22(4)5)30(39)43-18-11-16-25(35)36/h7-9,13-14,21-22,24,27-28H,6,10-12,15-20H2,1-5H3,(H,33,40)(H,34,41)(H,35,36)/t24?,27-,28-/m0/s1. The molecule has 0 aliphatic carbocycles. The first-order valence-corrected chi connectivity index (χ1v) is 15.5. The van der Waals surface area contributed by atoms with E-state index in [1.807, 2.05) is 30.3 Å². The molecule has 3 N–H and O–H groups in total. The van der Waals surface area contributed by atoms with Gasteiger partial charge in [0.2, 0.25) is 0 Å². The number of aliphatic carboxylic acids is 1. The second-order valence-corrected chi connectivity index (χ2v) is 11.1. The van der Waals surface area contributed by atoms with Crippen LogP contribution in [-0.4, -0.2) is 79.7 Å². The molecule has 0 bridgehead atoms. The summed E-state index contributed by atoms with van der Waals surface area (Å²) in [4.78, 5) is 72.1. The molecule has 0 saturated heterocycles. The van der Waals surface area contributed by atoms with Crippen LogP contribution >= 0.6 is 0 Å². The average Bonchev–Trinajstić information content (AvgIpc) is 3.00. The number of carboxylic acids is 1. The van der Waals surface area contributed by atoms with Crippen LogP contribution in [-0.2, 0) is 42.9 Å². The van der Waals surface area contributed by atoms with Gasteiger partial charge >= 0.3 is 36.1 Å². The molecule has 0 spiro atoms. The molecule has 0 fully saturated rings. The van der Waals surface area contributed by atoms with E-state index in [-0.39, 0.29) is 63.9 Å². The van der Waals surface area contributed by atoms with Gasteiger partial charge in [-0.1, -0.05) is 58.0 Å². The molecule has 14 heteroatoms. The number of carbonyl (C=O) groups is 6. The van der Waals surface area contributed by atoms with Crippen molar-refractivity contribution in [3.63, 3.8) is 0 Å². The van der Waals surface area contributed by atoms with Crippen LogP contribution in [0, 0.1) is 11.8 Å². The molecule has 0 aliphatic rings. The Bertz CT molecular complexity index is 1110. The van der Waals surface area contributed by atoms with Gasteiger partial charge in [0.1, 0.15) is 18.2 Å². The van der Waals surface area contributed by atoms with Crippen molar-refractivity contribution >= 4 is 36.1 Å². The lowest BCUT2D eigenvalue weighted by atomic mass is 10.0. The summed E-state index contributed by atoms with van der Waals surface area (Å²) in [5.74, 6) is -3.36. The third-order valence-electron chi connectivity index (χ3n) is 6.50. The normalized spacial score (nSPS) is 12.8. The fourth-order valence-electron chi connectivity index (χ4n) is 4.04. The molecule has 258 valence electrons. The number of ether oxygens (including phenoxy) is 5. The van der Waals surface area contributed by atoms with Crippen molar-refractivity contribution in [2.24, 2.45) is 11.8 Å². The smallest absolute Gasteiger partial charge is 0.407 e. The Morgan fingerprint density at radius 3 is 1.70 bits per heavy atom. The molecule has 2 amide bonds. The molecule has 1 rings (SSSR count). The van der Waals surface area contributed by atoms with Crippen LogP contribution in [0.25, 0.3) is 0 Å². The maximum atomic E-state index is 12.6. The highest BCUT2D eigenvalue weighted by atomic mass is 16.6. The van der Waals surface area contributed by atoms with Crippen molar-refractivity contribution in [2.75, 3.05) is 26.4 Å². The van der Waals surface area contributed by atoms with Crippen molar-refractivity contribution in [1.82, 2.24) is 10.6 Å². The zero-order valence-electron chi connectivity index (χ0n) is 27.3. The van der Waals surface area contributed by atoms with Crippen molar-refractivity contribution in [1.29, 1.82) is 0 Å². The molecule has 0 heterocycles. The number of esters is 3. The minimum Gasteiger partial charge on any atom is -0.481 e. The maximum absolute atomic E-state index is 12.6. The van der Waals surface area contributed by atoms with Crippen molar-refractivity contribution in [3.05, 3.63) is 35.9 Å². The topological polar surface area (TPSA) is 193 Å². The van der Waals surface area contributed by atoms with E-state index >= 15 is 0 Å². The van der Waals surface area contributed by atoms with E-state index in [2.05, 4.69) is 10.6 Å². The summed E-state index contributed by atoms with van der Waals surface area (Å²) in [5, 5.41) is 13.7. The van der Waals surface area contributed by atoms with Gasteiger partial charge in [0.25, 0.3) is 0 Å². The third-order valence-corrected chi connectivity index (χ3v) is 6.50. The van der Waals surface area contributed by atoms with Crippen LogP contribution in [0.1, 0.15) is 84.8 Å². The molecule has 14 nitrogen and oxygen atoms in total. The van der Waals surface area contributed by atoms with E-state index in [1.165, 1.54) is 0 Å². The van der Waals surface area contributed by atoms with E-state index in [9.17, 15) is 28.8 Å². The Morgan fingerprint density at radius 1 is 0.696 bits per heavy atom. The lowest BCUT2D eigenvalue weighted by Gasteiger charge is -2.21. The molecule has 1 aromatic carbocycles. The first kappa shape index (κ1) is 39.7. The highest BCUT2D eigenvalue weighted by molar-refractivity contribution is 5.82. The lowest BCUT2D eigenvalue weighted by molar-refractivity contribution is -0.153. The van der Waals surface area contributed by atoms with Gasteiger partial charge in [0.15, 0.2) is 0 Å². The minimum absolute atomic E-state index is 0.0159. The van der Waals surface area contributed by atoms with Crippen LogP contribution in [0.4, 0.5) is 9.59 Å². The van der Waals surface area contributed by atoms with Gasteiger partial charge in [-0.3, -0.25) is 9.59 Å². The Morgan fingerprint density at radius 2 is 1.20 bits per heavy atom. The SMILES string of the molecule is CCOC(=O)N[C@H](C(=O)OCCCC(=O)OC(CCCOC(=O)N[C@H](C(=O)OCCCC(=O)O)C(C)C)c1ccccc1)C(C)C. The Hall–Kier alpha value is -4.36. The maximum Gasteiger partial charge on any atom is 0.407 e. The first-order chi connectivity index (χ1) is 21.8. The summed E-state index contributed by atoms with van der Waals surface area (Å²) >= 11 is 0. The third kappa shape index (κ3) is 16.6. The molecular weight excluding hydrogens is 604 g/mol. The van der Waals surface area contributed by atoms with Crippen LogP contribution in [0.3, 0.4) is 0 Å². The summed E-state index contributed by atoms with van der Waals surface area (Å²) in [5.41, 5.74) is 0.752. The summed E-state index contributed by atoms with van der Waals surface area (Å²) in [6.07, 6.45) is -1.26. The number of carboxylic acid groups (broad SMARTS) is 1. The minimum atomic E-state index is -0.997. The van der Waals surface area contributed by atoms with E-state index < -0.39 is 54.3 Å². The number of rotatable bonds is 21. The predicted octanol–water partition coefficient (Wildman–Crippen LogP) is 4.30.